The maximum Gasteiger partial charge on any atom is 0.126 e. The molecule has 22 heavy (non-hydrogen) atoms. The van der Waals surface area contributed by atoms with E-state index in [0.717, 1.165) is 23.3 Å². The highest BCUT2D eigenvalue weighted by molar-refractivity contribution is 5.81. The summed E-state index contributed by atoms with van der Waals surface area (Å²) in [4.78, 5) is 4.52. The molecule has 3 unspecified atom stereocenters. The number of rotatable bonds is 5. The van der Waals surface area contributed by atoms with E-state index >= 15 is 0 Å². The van der Waals surface area contributed by atoms with Crippen LogP contribution in [-0.2, 0) is 4.74 Å². The second-order valence-electron chi connectivity index (χ2n) is 5.32. The van der Waals surface area contributed by atoms with E-state index in [1.54, 1.807) is 0 Å². The Balaban J connectivity index is 1.71. The Labute approximate surface area is 128 Å². The lowest BCUT2D eigenvalue weighted by Gasteiger charge is -2.16. The molecule has 1 saturated heterocycles. The van der Waals surface area contributed by atoms with Gasteiger partial charge in [-0.2, -0.15) is 0 Å². The first-order valence-corrected chi connectivity index (χ1v) is 7.42. The van der Waals surface area contributed by atoms with Gasteiger partial charge in [0.05, 0.1) is 12.1 Å². The molecule has 0 spiro atoms. The second kappa shape index (κ2) is 6.48. The average Bonchev–Trinajstić information content (AvgIpc) is 2.84. The number of benzene rings is 1. The molecule has 0 radical (unpaired) electrons. The molecule has 3 atom stereocenters. The molecule has 1 aliphatic rings. The second-order valence-corrected chi connectivity index (χ2v) is 5.32. The van der Waals surface area contributed by atoms with Crippen LogP contribution in [0.3, 0.4) is 0 Å². The van der Waals surface area contributed by atoms with Gasteiger partial charge in [0, 0.05) is 18.0 Å². The Kier molecular flexibility index (Phi) is 4.42. The number of hydrogen-bond acceptors (Lipinski definition) is 6. The fraction of sp³-hybridized carbons (Fsp3) is 0.438. The number of ether oxygens (including phenoxy) is 2. The largest absolute Gasteiger partial charge is 0.491 e. The number of nitrogens with one attached hydrogen (secondary N) is 1. The van der Waals surface area contributed by atoms with Crippen molar-refractivity contribution in [1.82, 2.24) is 4.98 Å². The van der Waals surface area contributed by atoms with Crippen molar-refractivity contribution in [2.45, 2.75) is 25.2 Å². The molecule has 0 bridgehead atoms. The molecular weight excluding hydrogens is 284 g/mol. The molecule has 1 aromatic heterocycles. The third kappa shape index (κ3) is 3.14. The van der Waals surface area contributed by atoms with Crippen LogP contribution in [0, 0.1) is 0 Å². The molecule has 1 aliphatic heterocycles. The molecule has 0 amide bonds. The molecule has 2 aromatic rings. The van der Waals surface area contributed by atoms with Crippen LogP contribution in [0.15, 0.2) is 30.3 Å². The van der Waals surface area contributed by atoms with Gasteiger partial charge in [0.1, 0.15) is 36.5 Å². The molecule has 3 rings (SSSR count). The monoisotopic (exact) mass is 304 g/mol. The van der Waals surface area contributed by atoms with Gasteiger partial charge in [-0.05, 0) is 31.2 Å². The van der Waals surface area contributed by atoms with Gasteiger partial charge in [-0.1, -0.05) is 0 Å². The summed E-state index contributed by atoms with van der Waals surface area (Å²) in [6.07, 6.45) is -2.25. The molecule has 1 aromatic carbocycles. The molecule has 1 fully saturated rings. The first-order valence-electron chi connectivity index (χ1n) is 7.42. The fourth-order valence-corrected chi connectivity index (χ4v) is 2.46. The van der Waals surface area contributed by atoms with Crippen molar-refractivity contribution in [1.29, 1.82) is 0 Å². The molecule has 6 nitrogen and oxygen atoms in total. The van der Waals surface area contributed by atoms with Crippen molar-refractivity contribution in [2.24, 2.45) is 0 Å². The van der Waals surface area contributed by atoms with E-state index in [0.29, 0.717) is 5.75 Å². The highest BCUT2D eigenvalue weighted by atomic mass is 16.6. The van der Waals surface area contributed by atoms with E-state index in [1.165, 1.54) is 0 Å². The van der Waals surface area contributed by atoms with Crippen LogP contribution in [0.4, 0.5) is 5.82 Å². The lowest BCUT2D eigenvalue weighted by molar-refractivity contribution is -0.0000674. The van der Waals surface area contributed by atoms with Gasteiger partial charge in [-0.25, -0.2) is 4.98 Å². The maximum absolute atomic E-state index is 9.73. The minimum absolute atomic E-state index is 0.139. The van der Waals surface area contributed by atoms with E-state index in [9.17, 15) is 10.2 Å². The smallest absolute Gasteiger partial charge is 0.126 e. The summed E-state index contributed by atoms with van der Waals surface area (Å²) in [5.41, 5.74) is 0.837. The van der Waals surface area contributed by atoms with Gasteiger partial charge in [-0.3, -0.25) is 0 Å². The van der Waals surface area contributed by atoms with Crippen LogP contribution in [0.1, 0.15) is 6.92 Å². The predicted octanol–water partition coefficient (Wildman–Crippen LogP) is 1.17. The van der Waals surface area contributed by atoms with Crippen molar-refractivity contribution < 1.29 is 19.7 Å². The standard InChI is InChI=1S/C16H20N2O4/c1-2-17-15-6-4-10-3-5-11(7-12(10)18-15)21-9-14-16(20)13(19)8-22-14/h3-7,13-14,16,19-20H,2,8-9H2,1H3,(H,17,18). The zero-order chi connectivity index (χ0) is 15.5. The van der Waals surface area contributed by atoms with Gasteiger partial charge in [-0.15, -0.1) is 0 Å². The van der Waals surface area contributed by atoms with Crippen LogP contribution in [0.2, 0.25) is 0 Å². The summed E-state index contributed by atoms with van der Waals surface area (Å²) in [5.74, 6) is 1.48. The van der Waals surface area contributed by atoms with Crippen LogP contribution < -0.4 is 10.1 Å². The number of aliphatic hydroxyl groups excluding tert-OH is 2. The number of aliphatic hydroxyl groups is 2. The highest BCUT2D eigenvalue weighted by Gasteiger charge is 2.34. The molecule has 118 valence electrons. The van der Waals surface area contributed by atoms with E-state index in [-0.39, 0.29) is 13.2 Å². The number of hydrogen-bond donors (Lipinski definition) is 3. The minimum Gasteiger partial charge on any atom is -0.491 e. The molecule has 0 saturated carbocycles. The Morgan fingerprint density at radius 2 is 2.14 bits per heavy atom. The average molecular weight is 304 g/mol. The summed E-state index contributed by atoms with van der Waals surface area (Å²) in [6, 6.07) is 9.59. The van der Waals surface area contributed by atoms with E-state index in [4.69, 9.17) is 9.47 Å². The van der Waals surface area contributed by atoms with Crippen LogP contribution in [0.5, 0.6) is 5.75 Å². The molecule has 0 aliphatic carbocycles. The van der Waals surface area contributed by atoms with E-state index in [2.05, 4.69) is 10.3 Å². The van der Waals surface area contributed by atoms with Crippen molar-refractivity contribution >= 4 is 16.7 Å². The Bertz CT molecular complexity index is 649. The van der Waals surface area contributed by atoms with Crippen LogP contribution in [0.25, 0.3) is 10.9 Å². The predicted molar refractivity (Wildman–Crippen MR) is 83.2 cm³/mol. The van der Waals surface area contributed by atoms with Crippen LogP contribution in [-0.4, -0.2) is 53.3 Å². The van der Waals surface area contributed by atoms with Gasteiger partial charge < -0.3 is 25.0 Å². The highest BCUT2D eigenvalue weighted by Crippen LogP contribution is 2.22. The molecule has 3 N–H and O–H groups in total. The third-order valence-corrected chi connectivity index (χ3v) is 3.69. The van der Waals surface area contributed by atoms with Gasteiger partial charge >= 0.3 is 0 Å². The summed E-state index contributed by atoms with van der Waals surface area (Å²) < 4.78 is 10.9. The quantitative estimate of drug-likeness (QED) is 0.769. The molecule has 6 heteroatoms. The first kappa shape index (κ1) is 15.0. The van der Waals surface area contributed by atoms with Crippen molar-refractivity contribution in [3.05, 3.63) is 30.3 Å². The number of anilines is 1. The summed E-state index contributed by atoms with van der Waals surface area (Å²) in [6.45, 7) is 3.16. The van der Waals surface area contributed by atoms with E-state index < -0.39 is 18.3 Å². The van der Waals surface area contributed by atoms with Gasteiger partial charge in [0.2, 0.25) is 0 Å². The van der Waals surface area contributed by atoms with Crippen molar-refractivity contribution in [3.63, 3.8) is 0 Å². The van der Waals surface area contributed by atoms with Crippen molar-refractivity contribution in [3.8, 4) is 5.75 Å². The maximum atomic E-state index is 9.73. The summed E-state index contributed by atoms with van der Waals surface area (Å²) in [5, 5.41) is 23.4. The van der Waals surface area contributed by atoms with E-state index in [1.807, 2.05) is 37.3 Å². The summed E-state index contributed by atoms with van der Waals surface area (Å²) >= 11 is 0. The number of pyridine rings is 1. The lowest BCUT2D eigenvalue weighted by atomic mass is 10.1. The van der Waals surface area contributed by atoms with Gasteiger partial charge in [0.15, 0.2) is 0 Å². The number of nitrogens with zero attached hydrogens (tertiary/aromatic N) is 1. The normalized spacial score (nSPS) is 24.6. The van der Waals surface area contributed by atoms with Crippen molar-refractivity contribution in [2.75, 3.05) is 25.1 Å². The minimum atomic E-state index is -0.904. The summed E-state index contributed by atoms with van der Waals surface area (Å²) in [7, 11) is 0. The molecular formula is C16H20N2O4. The Morgan fingerprint density at radius 3 is 2.86 bits per heavy atom. The Morgan fingerprint density at radius 1 is 1.32 bits per heavy atom. The third-order valence-electron chi connectivity index (χ3n) is 3.69. The zero-order valence-electron chi connectivity index (χ0n) is 12.4. The number of fused-ring (bicyclic) bond motifs is 1. The lowest BCUT2D eigenvalue weighted by Crippen LogP contribution is -2.33. The topological polar surface area (TPSA) is 83.8 Å². The number of aromatic nitrogens is 1. The Hall–Kier alpha value is -1.89. The molecule has 2 heterocycles. The SMILES string of the molecule is CCNc1ccc2ccc(OCC3OCC(O)C3O)cc2n1. The zero-order valence-corrected chi connectivity index (χ0v) is 12.4. The van der Waals surface area contributed by atoms with Gasteiger partial charge in [0.25, 0.3) is 0 Å². The first-order chi connectivity index (χ1) is 10.7. The fourth-order valence-electron chi connectivity index (χ4n) is 2.46. The van der Waals surface area contributed by atoms with Crippen LogP contribution >= 0.6 is 0 Å².